The van der Waals surface area contributed by atoms with Gasteiger partial charge in [-0.2, -0.15) is 0 Å². The fourth-order valence-corrected chi connectivity index (χ4v) is 3.45. The molecule has 3 atom stereocenters. The topological polar surface area (TPSA) is 116 Å². The maximum atomic E-state index is 12.9. The maximum Gasteiger partial charge on any atom is 0.335 e. The van der Waals surface area contributed by atoms with Crippen molar-refractivity contribution in [2.75, 3.05) is 11.5 Å². The molecule has 1 aromatic carbocycles. The quantitative estimate of drug-likeness (QED) is 0.589. The van der Waals surface area contributed by atoms with Gasteiger partial charge in [-0.15, -0.1) is 0 Å². The van der Waals surface area contributed by atoms with Crippen LogP contribution in [0.25, 0.3) is 0 Å². The van der Waals surface area contributed by atoms with Crippen LogP contribution >= 0.6 is 0 Å². The third kappa shape index (κ3) is 4.00. The van der Waals surface area contributed by atoms with Gasteiger partial charge in [0.1, 0.15) is 17.8 Å². The maximum absolute atomic E-state index is 12.9. The van der Waals surface area contributed by atoms with E-state index in [1.165, 1.54) is 6.21 Å². The number of benzene rings is 1. The molecule has 8 nitrogen and oxygen atoms in total. The summed E-state index contributed by atoms with van der Waals surface area (Å²) in [6.07, 6.45) is 5.43. The van der Waals surface area contributed by atoms with E-state index in [0.29, 0.717) is 18.0 Å². The number of imide groups is 2. The Morgan fingerprint density at radius 3 is 2.74 bits per heavy atom. The number of para-hydroxylation sites is 2. The lowest BCUT2D eigenvalue weighted by Crippen LogP contribution is -2.66. The average Bonchev–Trinajstić information content (AvgIpc) is 2.64. The van der Waals surface area contributed by atoms with E-state index >= 15 is 0 Å². The number of carbonyl (C=O) groups excluding carboxylic acids is 3. The lowest BCUT2D eigenvalue weighted by molar-refractivity contribution is -0.428. The van der Waals surface area contributed by atoms with Crippen LogP contribution in [0.2, 0.25) is 0 Å². The lowest BCUT2D eigenvalue weighted by atomic mass is 9.91. The van der Waals surface area contributed by atoms with Crippen LogP contribution < -0.4 is 20.7 Å². The first-order valence-electron chi connectivity index (χ1n) is 9.30. The summed E-state index contributed by atoms with van der Waals surface area (Å²) < 4.78 is 5.52. The number of rotatable bonds is 5. The summed E-state index contributed by atoms with van der Waals surface area (Å²) in [4.78, 5) is 42.9. The molecule has 1 aliphatic heterocycles. The smallest absolute Gasteiger partial charge is 0.335 e. The number of hydrogen-bond donors (Lipinski definition) is 2. The van der Waals surface area contributed by atoms with Crippen LogP contribution in [0, 0.1) is 5.92 Å². The molecule has 27 heavy (non-hydrogen) atoms. The zero-order valence-corrected chi connectivity index (χ0v) is 15.4. The van der Waals surface area contributed by atoms with E-state index in [2.05, 4.69) is 16.0 Å². The number of nitrogens with one attached hydrogen (secondary N) is 1. The molecule has 0 bridgehead atoms. The number of aliphatic imine (C=N–C) groups is 1. The second kappa shape index (κ2) is 8.30. The number of carbonyl (C=O) groups is 3. The van der Waals surface area contributed by atoms with Crippen molar-refractivity contribution in [3.05, 3.63) is 24.3 Å². The van der Waals surface area contributed by atoms with Crippen LogP contribution in [0.5, 0.6) is 5.75 Å². The molecule has 1 aliphatic carbocycles. The van der Waals surface area contributed by atoms with Gasteiger partial charge in [0.25, 0.3) is 5.91 Å². The molecule has 1 heterocycles. The van der Waals surface area contributed by atoms with Crippen molar-refractivity contribution < 1.29 is 24.9 Å². The first kappa shape index (κ1) is 19.0. The van der Waals surface area contributed by atoms with Gasteiger partial charge in [-0.1, -0.05) is 18.6 Å². The summed E-state index contributed by atoms with van der Waals surface area (Å²) in [6.45, 7) is 2.20. The highest BCUT2D eigenvalue weighted by atomic mass is 16.5. The molecule has 1 saturated heterocycles. The number of nitrogens with zero attached hydrogens (tertiary/aromatic N) is 2. The Kier molecular flexibility index (Phi) is 5.85. The first-order valence-corrected chi connectivity index (χ1v) is 9.30. The van der Waals surface area contributed by atoms with Crippen LogP contribution in [0.4, 0.5) is 10.5 Å². The standard InChI is InChI=1S/C19H24N4O4/c1-2-27-16-10-6-5-9-15(16)23-18(25)12(17(24)22-19(23)26)11-21-14-8-4-3-7-13(14)20/h5-6,9-14H,2-4,7-8,20H2,1H3,(H,22,24,26)/p+1/t12-,13+,14+/m1/s1. The predicted molar refractivity (Wildman–Crippen MR) is 99.5 cm³/mol. The number of amides is 4. The normalized spacial score (nSPS) is 26.4. The highest BCUT2D eigenvalue weighted by molar-refractivity contribution is 6.32. The number of urea groups is 1. The minimum atomic E-state index is -1.15. The minimum absolute atomic E-state index is 0.00105. The van der Waals surface area contributed by atoms with Gasteiger partial charge in [0, 0.05) is 12.6 Å². The molecule has 4 N–H and O–H groups in total. The molecule has 8 heteroatoms. The molecule has 0 spiro atoms. The zero-order valence-electron chi connectivity index (χ0n) is 15.4. The summed E-state index contributed by atoms with van der Waals surface area (Å²) in [5.74, 6) is -2.03. The van der Waals surface area contributed by atoms with Crippen molar-refractivity contribution >= 4 is 29.7 Å². The van der Waals surface area contributed by atoms with E-state index in [9.17, 15) is 14.4 Å². The van der Waals surface area contributed by atoms with Gasteiger partial charge in [0.2, 0.25) is 5.91 Å². The highest BCUT2D eigenvalue weighted by Crippen LogP contribution is 2.30. The molecule has 3 rings (SSSR count). The summed E-state index contributed by atoms with van der Waals surface area (Å²) in [5, 5.41) is 2.24. The van der Waals surface area contributed by atoms with Gasteiger partial charge in [0.05, 0.1) is 12.3 Å². The van der Waals surface area contributed by atoms with Gasteiger partial charge >= 0.3 is 6.03 Å². The second-order valence-corrected chi connectivity index (χ2v) is 6.76. The van der Waals surface area contributed by atoms with Gasteiger partial charge in [-0.05, 0) is 31.9 Å². The van der Waals surface area contributed by atoms with Gasteiger partial charge in [-0.25, -0.2) is 9.69 Å². The van der Waals surface area contributed by atoms with Crippen molar-refractivity contribution in [3.8, 4) is 5.75 Å². The fraction of sp³-hybridized carbons (Fsp3) is 0.474. The van der Waals surface area contributed by atoms with Crippen molar-refractivity contribution in [1.29, 1.82) is 0 Å². The Balaban J connectivity index is 1.86. The average molecular weight is 373 g/mol. The molecular weight excluding hydrogens is 348 g/mol. The third-order valence-corrected chi connectivity index (χ3v) is 4.90. The number of barbiturate groups is 1. The molecule has 144 valence electrons. The van der Waals surface area contributed by atoms with Gasteiger partial charge in [-0.3, -0.25) is 19.9 Å². The van der Waals surface area contributed by atoms with E-state index < -0.39 is 23.8 Å². The van der Waals surface area contributed by atoms with Crippen LogP contribution in [-0.2, 0) is 9.59 Å². The van der Waals surface area contributed by atoms with Crippen molar-refractivity contribution in [2.24, 2.45) is 10.9 Å². The first-order chi connectivity index (χ1) is 13.0. The Morgan fingerprint density at radius 2 is 2.00 bits per heavy atom. The predicted octanol–water partition coefficient (Wildman–Crippen LogP) is 0.908. The Morgan fingerprint density at radius 1 is 1.26 bits per heavy atom. The van der Waals surface area contributed by atoms with E-state index in [0.717, 1.165) is 30.6 Å². The highest BCUT2D eigenvalue weighted by Gasteiger charge is 2.41. The fourth-order valence-electron chi connectivity index (χ4n) is 3.45. The second-order valence-electron chi connectivity index (χ2n) is 6.76. The number of ether oxygens (including phenoxy) is 1. The largest absolute Gasteiger partial charge is 0.492 e. The van der Waals surface area contributed by atoms with Crippen LogP contribution in [-0.4, -0.2) is 42.8 Å². The Hall–Kier alpha value is -2.74. The molecule has 2 fully saturated rings. The Bertz CT molecular complexity index is 764. The van der Waals surface area contributed by atoms with Gasteiger partial charge in [0.15, 0.2) is 5.92 Å². The number of anilines is 1. The van der Waals surface area contributed by atoms with Crippen LogP contribution in [0.1, 0.15) is 32.6 Å². The zero-order chi connectivity index (χ0) is 19.4. The molecule has 1 aromatic rings. The van der Waals surface area contributed by atoms with E-state index in [1.54, 1.807) is 24.3 Å². The molecule has 0 radical (unpaired) electrons. The van der Waals surface area contributed by atoms with Crippen molar-refractivity contribution in [3.63, 3.8) is 0 Å². The molecule has 2 aliphatic rings. The lowest BCUT2D eigenvalue weighted by Gasteiger charge is -2.30. The third-order valence-electron chi connectivity index (χ3n) is 4.90. The Labute approximate surface area is 157 Å². The number of quaternary nitrogens is 1. The summed E-state index contributed by atoms with van der Waals surface area (Å²) in [7, 11) is 0. The van der Waals surface area contributed by atoms with Gasteiger partial charge < -0.3 is 10.5 Å². The molecule has 0 unspecified atom stereocenters. The minimum Gasteiger partial charge on any atom is -0.492 e. The SMILES string of the molecule is CCOc1ccccc1N1C(=O)NC(=O)[C@@H](C=N[C@H]2CCCC[C@@H]2[NH3+])C1=O. The molecular formula is C19H25N4O4+. The molecule has 1 saturated carbocycles. The van der Waals surface area contributed by atoms with Crippen LogP contribution in [0.15, 0.2) is 29.3 Å². The molecule has 0 aromatic heterocycles. The van der Waals surface area contributed by atoms with E-state index in [-0.39, 0.29) is 12.1 Å². The molecule has 4 amide bonds. The van der Waals surface area contributed by atoms with E-state index in [4.69, 9.17) is 4.74 Å². The van der Waals surface area contributed by atoms with E-state index in [1.807, 2.05) is 6.92 Å². The monoisotopic (exact) mass is 373 g/mol. The summed E-state index contributed by atoms with van der Waals surface area (Å²) >= 11 is 0. The number of hydrogen-bond acceptors (Lipinski definition) is 5. The summed E-state index contributed by atoms with van der Waals surface area (Å²) in [6, 6.07) is 6.13. The summed E-state index contributed by atoms with van der Waals surface area (Å²) in [5.41, 5.74) is 4.41. The van der Waals surface area contributed by atoms with Crippen LogP contribution in [0.3, 0.4) is 0 Å². The van der Waals surface area contributed by atoms with Crippen molar-refractivity contribution in [1.82, 2.24) is 5.32 Å². The van der Waals surface area contributed by atoms with Crippen molar-refractivity contribution in [2.45, 2.75) is 44.7 Å².